The van der Waals surface area contributed by atoms with Crippen molar-refractivity contribution in [3.05, 3.63) is 29.8 Å². The summed E-state index contributed by atoms with van der Waals surface area (Å²) in [6, 6.07) is 8.84. The monoisotopic (exact) mass is 322 g/mol. The molecular formula is C19H34N2O2. The van der Waals surface area contributed by atoms with Gasteiger partial charge in [0.25, 0.3) is 0 Å². The summed E-state index contributed by atoms with van der Waals surface area (Å²) in [6.45, 7) is 13.6. The van der Waals surface area contributed by atoms with E-state index in [9.17, 15) is 0 Å². The van der Waals surface area contributed by atoms with Crippen LogP contribution in [0.2, 0.25) is 0 Å². The Morgan fingerprint density at radius 2 is 1.83 bits per heavy atom. The van der Waals surface area contributed by atoms with Crippen molar-refractivity contribution in [3.8, 4) is 5.75 Å². The summed E-state index contributed by atoms with van der Waals surface area (Å²) in [4.78, 5) is 2.46. The Hall–Kier alpha value is -1.10. The zero-order valence-corrected chi connectivity index (χ0v) is 15.8. The molecular weight excluding hydrogens is 288 g/mol. The molecule has 23 heavy (non-hydrogen) atoms. The third-order valence-corrected chi connectivity index (χ3v) is 4.00. The molecule has 0 saturated heterocycles. The molecule has 0 unspecified atom stereocenters. The molecule has 0 spiro atoms. The van der Waals surface area contributed by atoms with Crippen molar-refractivity contribution in [2.45, 2.75) is 52.2 Å². The van der Waals surface area contributed by atoms with Gasteiger partial charge in [0.15, 0.2) is 0 Å². The van der Waals surface area contributed by atoms with Gasteiger partial charge in [-0.25, -0.2) is 0 Å². The Kier molecular flexibility index (Phi) is 8.03. The van der Waals surface area contributed by atoms with Crippen LogP contribution in [0.4, 0.5) is 0 Å². The molecule has 4 heteroatoms. The summed E-state index contributed by atoms with van der Waals surface area (Å²) in [5.41, 5.74) is 1.29. The summed E-state index contributed by atoms with van der Waals surface area (Å²) in [7, 11) is 3.49. The molecule has 0 bridgehead atoms. The lowest BCUT2D eigenvalue weighted by molar-refractivity contribution is 0.111. The van der Waals surface area contributed by atoms with E-state index in [0.717, 1.165) is 18.8 Å². The van der Waals surface area contributed by atoms with Crippen LogP contribution in [-0.4, -0.2) is 50.4 Å². The zero-order chi connectivity index (χ0) is 17.5. The van der Waals surface area contributed by atoms with Crippen molar-refractivity contribution in [3.63, 3.8) is 0 Å². The smallest absolute Gasteiger partial charge is 0.123 e. The Bertz CT molecular complexity index is 457. The summed E-state index contributed by atoms with van der Waals surface area (Å²) in [5.74, 6) is 0.950. The minimum atomic E-state index is 0.0658. The Morgan fingerprint density at radius 3 is 2.35 bits per heavy atom. The van der Waals surface area contributed by atoms with E-state index < -0.39 is 0 Å². The molecule has 1 rings (SSSR count). The third kappa shape index (κ3) is 6.50. The fourth-order valence-corrected chi connectivity index (χ4v) is 3.01. The van der Waals surface area contributed by atoms with Gasteiger partial charge in [-0.15, -0.1) is 0 Å². The van der Waals surface area contributed by atoms with Crippen molar-refractivity contribution in [1.29, 1.82) is 0 Å². The number of hydrogen-bond acceptors (Lipinski definition) is 4. The first kappa shape index (κ1) is 19.9. The maximum Gasteiger partial charge on any atom is 0.123 e. The van der Waals surface area contributed by atoms with Crippen LogP contribution in [0.1, 0.15) is 46.2 Å². The Labute approximate surface area is 142 Å². The maximum absolute atomic E-state index is 5.53. The fourth-order valence-electron chi connectivity index (χ4n) is 3.01. The van der Waals surface area contributed by atoms with Crippen LogP contribution >= 0.6 is 0 Å². The van der Waals surface area contributed by atoms with Gasteiger partial charge in [0.05, 0.1) is 13.7 Å². The molecule has 0 aliphatic carbocycles. The number of methoxy groups -OCH3 is 2. The van der Waals surface area contributed by atoms with E-state index in [1.165, 1.54) is 5.56 Å². The van der Waals surface area contributed by atoms with Crippen molar-refractivity contribution in [2.75, 3.05) is 33.9 Å². The molecule has 1 aromatic carbocycles. The fraction of sp³-hybridized carbons (Fsp3) is 0.684. The number of para-hydroxylation sites is 1. The normalized spacial score (nSPS) is 14.8. The Balaban J connectivity index is 2.88. The molecule has 0 aromatic heterocycles. The molecule has 0 aliphatic rings. The van der Waals surface area contributed by atoms with Gasteiger partial charge in [-0.2, -0.15) is 0 Å². The van der Waals surface area contributed by atoms with Crippen LogP contribution < -0.4 is 10.1 Å². The molecule has 1 N–H and O–H groups in total. The van der Waals surface area contributed by atoms with E-state index in [0.29, 0.717) is 6.61 Å². The standard InChI is InChI=1S/C19H34N2O2/c1-8-21(13-16(14-22-6)20-19(3,4)5)15(2)17-11-9-10-12-18(17)23-7/h9-12,15-16,20H,8,13-14H2,1-7H3/t15-,16+/m0/s1. The van der Waals surface area contributed by atoms with Gasteiger partial charge < -0.3 is 14.8 Å². The highest BCUT2D eigenvalue weighted by Crippen LogP contribution is 2.28. The summed E-state index contributed by atoms with van der Waals surface area (Å²) < 4.78 is 10.9. The molecule has 0 fully saturated rings. The van der Waals surface area contributed by atoms with E-state index in [-0.39, 0.29) is 17.6 Å². The van der Waals surface area contributed by atoms with Gasteiger partial charge in [0.1, 0.15) is 5.75 Å². The SMILES string of the molecule is CCN(C[C@H](COC)NC(C)(C)C)[C@@H](C)c1ccccc1OC. The minimum absolute atomic E-state index is 0.0658. The van der Waals surface area contributed by atoms with Crippen molar-refractivity contribution >= 4 is 0 Å². The average Bonchev–Trinajstić information content (AvgIpc) is 2.50. The molecule has 2 atom stereocenters. The van der Waals surface area contributed by atoms with E-state index in [4.69, 9.17) is 9.47 Å². The molecule has 0 heterocycles. The first-order valence-electron chi connectivity index (χ1n) is 8.46. The van der Waals surface area contributed by atoms with Gasteiger partial charge in [-0.1, -0.05) is 25.1 Å². The quantitative estimate of drug-likeness (QED) is 0.755. The number of hydrogen-bond donors (Lipinski definition) is 1. The Morgan fingerprint density at radius 1 is 1.17 bits per heavy atom. The van der Waals surface area contributed by atoms with Gasteiger partial charge in [0.2, 0.25) is 0 Å². The van der Waals surface area contributed by atoms with Crippen LogP contribution in [0, 0.1) is 0 Å². The molecule has 0 amide bonds. The average molecular weight is 322 g/mol. The number of nitrogens with one attached hydrogen (secondary N) is 1. The van der Waals surface area contributed by atoms with Crippen molar-refractivity contribution < 1.29 is 9.47 Å². The van der Waals surface area contributed by atoms with Crippen LogP contribution in [-0.2, 0) is 4.74 Å². The van der Waals surface area contributed by atoms with Crippen molar-refractivity contribution in [1.82, 2.24) is 10.2 Å². The van der Waals surface area contributed by atoms with Crippen LogP contribution in [0.15, 0.2) is 24.3 Å². The predicted octanol–water partition coefficient (Wildman–Crippen LogP) is 3.48. The van der Waals surface area contributed by atoms with Gasteiger partial charge >= 0.3 is 0 Å². The highest BCUT2D eigenvalue weighted by atomic mass is 16.5. The molecule has 4 nitrogen and oxygen atoms in total. The van der Waals surface area contributed by atoms with E-state index in [1.54, 1.807) is 14.2 Å². The van der Waals surface area contributed by atoms with Crippen molar-refractivity contribution in [2.24, 2.45) is 0 Å². The largest absolute Gasteiger partial charge is 0.496 e. The molecule has 132 valence electrons. The van der Waals surface area contributed by atoms with Crippen LogP contribution in [0.5, 0.6) is 5.75 Å². The zero-order valence-electron chi connectivity index (χ0n) is 15.8. The summed E-state index contributed by atoms with van der Waals surface area (Å²) in [5, 5.41) is 3.66. The topological polar surface area (TPSA) is 33.7 Å². The predicted molar refractivity (Wildman–Crippen MR) is 97.2 cm³/mol. The highest BCUT2D eigenvalue weighted by molar-refractivity contribution is 5.35. The summed E-state index contributed by atoms with van der Waals surface area (Å²) >= 11 is 0. The number of rotatable bonds is 9. The van der Waals surface area contributed by atoms with Crippen LogP contribution in [0.3, 0.4) is 0 Å². The second kappa shape index (κ2) is 9.26. The number of nitrogens with zero attached hydrogens (tertiary/aromatic N) is 1. The molecule has 0 radical (unpaired) electrons. The lowest BCUT2D eigenvalue weighted by Gasteiger charge is -2.35. The van der Waals surface area contributed by atoms with E-state index in [1.807, 2.05) is 12.1 Å². The minimum Gasteiger partial charge on any atom is -0.496 e. The molecule has 1 aromatic rings. The third-order valence-electron chi connectivity index (χ3n) is 4.00. The first-order chi connectivity index (χ1) is 10.8. The number of benzene rings is 1. The first-order valence-corrected chi connectivity index (χ1v) is 8.46. The summed E-state index contributed by atoms with van der Waals surface area (Å²) in [6.07, 6.45) is 0. The highest BCUT2D eigenvalue weighted by Gasteiger charge is 2.23. The van der Waals surface area contributed by atoms with E-state index >= 15 is 0 Å². The lowest BCUT2D eigenvalue weighted by Crippen LogP contribution is -2.51. The number of likely N-dealkylation sites (N-methyl/N-ethyl adjacent to an activating group) is 1. The van der Waals surface area contributed by atoms with Gasteiger partial charge in [-0.05, 0) is 40.3 Å². The van der Waals surface area contributed by atoms with Gasteiger partial charge in [-0.3, -0.25) is 4.90 Å². The molecule has 0 aliphatic heterocycles. The van der Waals surface area contributed by atoms with Gasteiger partial charge in [0, 0.05) is 36.8 Å². The second-order valence-electron chi connectivity index (χ2n) is 7.05. The maximum atomic E-state index is 5.53. The van der Waals surface area contributed by atoms with E-state index in [2.05, 4.69) is 57.0 Å². The van der Waals surface area contributed by atoms with Crippen LogP contribution in [0.25, 0.3) is 0 Å². The lowest BCUT2D eigenvalue weighted by atomic mass is 10.0. The second-order valence-corrected chi connectivity index (χ2v) is 7.05. The number of ether oxygens (including phenoxy) is 2. The molecule has 0 saturated carbocycles.